The number of benzene rings is 2. The zero-order valence-electron chi connectivity index (χ0n) is 16.7. The lowest BCUT2D eigenvalue weighted by Crippen LogP contribution is -2.51. The first-order valence-corrected chi connectivity index (χ1v) is 10.3. The Hall–Kier alpha value is -2.63. The Morgan fingerprint density at radius 2 is 1.86 bits per heavy atom. The number of carbonyl (C=O) groups is 1. The van der Waals surface area contributed by atoms with Crippen molar-refractivity contribution in [3.05, 3.63) is 71.4 Å². The third-order valence-corrected chi connectivity index (χ3v) is 7.05. The van der Waals surface area contributed by atoms with Crippen LogP contribution < -0.4 is 5.73 Å². The number of amides is 1. The molecule has 3 N–H and O–H groups in total. The number of aromatic nitrogens is 1. The van der Waals surface area contributed by atoms with Crippen LogP contribution >= 0.6 is 0 Å². The molecule has 29 heavy (non-hydrogen) atoms. The number of aliphatic hydroxyl groups is 1. The molecule has 2 heterocycles. The summed E-state index contributed by atoms with van der Waals surface area (Å²) in [5.41, 5.74) is 8.48. The fourth-order valence-electron chi connectivity index (χ4n) is 5.65. The summed E-state index contributed by atoms with van der Waals surface area (Å²) in [6.07, 6.45) is 4.24. The third kappa shape index (κ3) is 2.88. The molecule has 2 bridgehead atoms. The minimum atomic E-state index is -0.874. The second-order valence-corrected chi connectivity index (χ2v) is 8.72. The first kappa shape index (κ1) is 18.4. The van der Waals surface area contributed by atoms with Crippen LogP contribution in [-0.4, -0.2) is 33.6 Å². The number of piperidine rings is 1. The predicted octanol–water partition coefficient (Wildman–Crippen LogP) is 3.01. The minimum absolute atomic E-state index is 0.166. The summed E-state index contributed by atoms with van der Waals surface area (Å²) in [5, 5.41) is 13.0. The Balaban J connectivity index is 1.41. The molecule has 5 rings (SSSR count). The molecule has 1 amide bonds. The van der Waals surface area contributed by atoms with E-state index in [0.717, 1.165) is 38.0 Å². The minimum Gasteiger partial charge on any atom is -0.384 e. The molecule has 5 heteroatoms. The number of likely N-dealkylation sites (tertiary alicyclic amines) is 1. The van der Waals surface area contributed by atoms with Crippen LogP contribution in [0.15, 0.2) is 54.7 Å². The molecule has 1 aliphatic heterocycles. The Morgan fingerprint density at radius 3 is 2.59 bits per heavy atom. The smallest absolute Gasteiger partial charge is 0.248 e. The summed E-state index contributed by atoms with van der Waals surface area (Å²) in [6, 6.07) is 15.8. The van der Waals surface area contributed by atoms with Gasteiger partial charge < -0.3 is 15.4 Å². The quantitative estimate of drug-likeness (QED) is 0.721. The molecule has 2 unspecified atom stereocenters. The second-order valence-electron chi connectivity index (χ2n) is 8.72. The second kappa shape index (κ2) is 6.71. The van der Waals surface area contributed by atoms with Crippen molar-refractivity contribution in [1.29, 1.82) is 0 Å². The van der Waals surface area contributed by atoms with Crippen molar-refractivity contribution in [1.82, 2.24) is 9.47 Å². The molecule has 1 aromatic heterocycles. The average Bonchev–Trinajstić information content (AvgIpc) is 3.10. The molecular weight excluding hydrogens is 362 g/mol. The van der Waals surface area contributed by atoms with Gasteiger partial charge >= 0.3 is 0 Å². The lowest BCUT2D eigenvalue weighted by Gasteiger charge is -2.45. The van der Waals surface area contributed by atoms with Crippen LogP contribution in [0.2, 0.25) is 0 Å². The molecule has 1 aliphatic carbocycles. The standard InChI is InChI=1S/C24H27N3O2/c1-26-12-17(21-7-2-3-8-22(21)26)13-27-14-19-9-10-20(15-27)24(19,29)18-6-4-5-16(11-18)23(25)28/h2-8,11-12,19-20,29H,9-10,13-15H2,1H3,(H2,25,28). The average molecular weight is 389 g/mol. The summed E-state index contributed by atoms with van der Waals surface area (Å²) in [5.74, 6) is -0.116. The lowest BCUT2D eigenvalue weighted by atomic mass is 9.75. The van der Waals surface area contributed by atoms with Crippen LogP contribution in [0.3, 0.4) is 0 Å². The Labute approximate surface area is 170 Å². The van der Waals surface area contributed by atoms with Crippen molar-refractivity contribution in [2.45, 2.75) is 25.0 Å². The van der Waals surface area contributed by atoms with E-state index in [1.165, 1.54) is 16.5 Å². The Morgan fingerprint density at radius 1 is 1.14 bits per heavy atom. The van der Waals surface area contributed by atoms with Crippen molar-refractivity contribution in [3.8, 4) is 0 Å². The Kier molecular flexibility index (Phi) is 4.26. The number of para-hydroxylation sites is 1. The van der Waals surface area contributed by atoms with Gasteiger partial charge in [-0.3, -0.25) is 9.69 Å². The van der Waals surface area contributed by atoms with Crippen LogP contribution in [0.5, 0.6) is 0 Å². The van der Waals surface area contributed by atoms with Crippen molar-refractivity contribution in [2.24, 2.45) is 24.6 Å². The molecule has 5 nitrogen and oxygen atoms in total. The van der Waals surface area contributed by atoms with Crippen LogP contribution in [-0.2, 0) is 19.2 Å². The highest BCUT2D eigenvalue weighted by molar-refractivity contribution is 5.93. The van der Waals surface area contributed by atoms with Gasteiger partial charge in [0, 0.05) is 61.2 Å². The van der Waals surface area contributed by atoms with Crippen LogP contribution in [0.1, 0.15) is 34.3 Å². The molecule has 0 spiro atoms. The van der Waals surface area contributed by atoms with Crippen molar-refractivity contribution >= 4 is 16.8 Å². The van der Waals surface area contributed by atoms with Crippen molar-refractivity contribution in [3.63, 3.8) is 0 Å². The maximum atomic E-state index is 11.7. The molecule has 1 saturated heterocycles. The molecule has 3 aromatic rings. The number of hydrogen-bond donors (Lipinski definition) is 2. The molecule has 2 aromatic carbocycles. The van der Waals surface area contributed by atoms with E-state index in [0.29, 0.717) is 5.56 Å². The van der Waals surface area contributed by atoms with Gasteiger partial charge in [0.1, 0.15) is 0 Å². The van der Waals surface area contributed by atoms with E-state index in [1.807, 2.05) is 12.1 Å². The van der Waals surface area contributed by atoms with Crippen LogP contribution in [0.25, 0.3) is 10.9 Å². The molecule has 0 radical (unpaired) electrons. The van der Waals surface area contributed by atoms with Gasteiger partial charge in [-0.2, -0.15) is 0 Å². The summed E-state index contributed by atoms with van der Waals surface area (Å²) < 4.78 is 2.19. The van der Waals surface area contributed by atoms with Gasteiger partial charge in [-0.15, -0.1) is 0 Å². The highest BCUT2D eigenvalue weighted by Crippen LogP contribution is 2.51. The topological polar surface area (TPSA) is 71.5 Å². The van der Waals surface area contributed by atoms with Gasteiger partial charge in [0.05, 0.1) is 5.60 Å². The maximum absolute atomic E-state index is 11.7. The molecule has 150 valence electrons. The summed E-state index contributed by atoms with van der Waals surface area (Å²) in [4.78, 5) is 14.1. The van der Waals surface area contributed by atoms with Crippen LogP contribution in [0, 0.1) is 11.8 Å². The lowest BCUT2D eigenvalue weighted by molar-refractivity contribution is -0.0914. The summed E-state index contributed by atoms with van der Waals surface area (Å²) in [7, 11) is 2.09. The number of nitrogens with zero attached hydrogens (tertiary/aromatic N) is 2. The van der Waals surface area contributed by atoms with Gasteiger partial charge in [-0.05, 0) is 42.2 Å². The van der Waals surface area contributed by atoms with Gasteiger partial charge in [0.25, 0.3) is 0 Å². The zero-order valence-corrected chi connectivity index (χ0v) is 16.7. The third-order valence-electron chi connectivity index (χ3n) is 7.05. The van der Waals surface area contributed by atoms with Gasteiger partial charge in [0.2, 0.25) is 5.91 Å². The van der Waals surface area contributed by atoms with E-state index in [1.54, 1.807) is 12.1 Å². The van der Waals surface area contributed by atoms with E-state index in [4.69, 9.17) is 5.73 Å². The monoisotopic (exact) mass is 389 g/mol. The maximum Gasteiger partial charge on any atom is 0.248 e. The number of carbonyl (C=O) groups excluding carboxylic acids is 1. The highest BCUT2D eigenvalue weighted by Gasteiger charge is 2.53. The molecular formula is C24H27N3O2. The predicted molar refractivity (Wildman–Crippen MR) is 113 cm³/mol. The zero-order chi connectivity index (χ0) is 20.2. The fraction of sp³-hybridized carbons (Fsp3) is 0.375. The first-order chi connectivity index (χ1) is 14.0. The van der Waals surface area contributed by atoms with Crippen molar-refractivity contribution in [2.75, 3.05) is 13.1 Å². The molecule has 1 saturated carbocycles. The number of hydrogen-bond acceptors (Lipinski definition) is 3. The summed E-state index contributed by atoms with van der Waals surface area (Å²) in [6.45, 7) is 2.61. The first-order valence-electron chi connectivity index (χ1n) is 10.3. The number of aryl methyl sites for hydroxylation is 1. The highest BCUT2D eigenvalue weighted by atomic mass is 16.3. The van der Waals surface area contributed by atoms with E-state index < -0.39 is 11.5 Å². The molecule has 2 atom stereocenters. The van der Waals surface area contributed by atoms with Crippen LogP contribution in [0.4, 0.5) is 0 Å². The number of nitrogens with two attached hydrogens (primary N) is 1. The largest absolute Gasteiger partial charge is 0.384 e. The molecule has 2 aliphatic rings. The van der Waals surface area contributed by atoms with Gasteiger partial charge in [-0.1, -0.05) is 30.3 Å². The Bertz CT molecular complexity index is 1070. The SMILES string of the molecule is Cn1cc(CN2CC3CCC(C2)C3(O)c2cccc(C(N)=O)c2)c2ccccc21. The number of rotatable bonds is 4. The number of fused-ring (bicyclic) bond motifs is 3. The van der Waals surface area contributed by atoms with E-state index in [-0.39, 0.29) is 11.8 Å². The van der Waals surface area contributed by atoms with E-state index >= 15 is 0 Å². The number of primary amides is 1. The van der Waals surface area contributed by atoms with Crippen molar-refractivity contribution < 1.29 is 9.90 Å². The summed E-state index contributed by atoms with van der Waals surface area (Å²) >= 11 is 0. The van der Waals surface area contributed by atoms with Gasteiger partial charge in [0.15, 0.2) is 0 Å². The molecule has 2 fully saturated rings. The van der Waals surface area contributed by atoms with Gasteiger partial charge in [-0.25, -0.2) is 0 Å². The van der Waals surface area contributed by atoms with E-state index in [2.05, 4.69) is 47.0 Å². The normalized spacial score (nSPS) is 26.8. The fourth-order valence-corrected chi connectivity index (χ4v) is 5.65. The van der Waals surface area contributed by atoms with E-state index in [9.17, 15) is 9.90 Å².